The first-order valence-electron chi connectivity index (χ1n) is 6.52. The molecule has 3 heteroatoms. The first-order valence-corrected chi connectivity index (χ1v) is 7.27. The van der Waals surface area contributed by atoms with Gasteiger partial charge in [0.2, 0.25) is 0 Å². The molecule has 0 heterocycles. The average molecular weight is 288 g/mol. The van der Waals surface area contributed by atoms with Crippen molar-refractivity contribution < 1.29 is 0 Å². The van der Waals surface area contributed by atoms with Gasteiger partial charge in [0.05, 0.1) is 0 Å². The molecule has 1 unspecified atom stereocenters. The number of benzene rings is 1. The summed E-state index contributed by atoms with van der Waals surface area (Å²) in [6.07, 6.45) is 2.06. The highest BCUT2D eigenvalue weighted by Crippen LogP contribution is 2.26. The van der Waals surface area contributed by atoms with Crippen LogP contribution in [-0.2, 0) is 6.42 Å². The Morgan fingerprint density at radius 3 is 2.39 bits per heavy atom. The third-order valence-electron chi connectivity index (χ3n) is 3.21. The average Bonchev–Trinajstić information content (AvgIpc) is 2.24. The number of nitrogens with one attached hydrogen (secondary N) is 1. The Hall–Kier alpha value is -0.240. The van der Waals surface area contributed by atoms with Crippen LogP contribution in [0.1, 0.15) is 39.7 Å². The summed E-state index contributed by atoms with van der Waals surface area (Å²) in [5.74, 6) is 0. The Kier molecular flexibility index (Phi) is 5.97. The fourth-order valence-corrected chi connectivity index (χ4v) is 2.61. The number of halogens is 2. The minimum absolute atomic E-state index is 0.259. The zero-order valence-corrected chi connectivity index (χ0v) is 13.2. The van der Waals surface area contributed by atoms with E-state index >= 15 is 0 Å². The van der Waals surface area contributed by atoms with Crippen LogP contribution in [0.15, 0.2) is 18.2 Å². The van der Waals surface area contributed by atoms with Crippen molar-refractivity contribution >= 4 is 23.2 Å². The van der Waals surface area contributed by atoms with E-state index in [0.29, 0.717) is 11.1 Å². The lowest BCUT2D eigenvalue weighted by molar-refractivity contribution is 0.258. The molecule has 0 fully saturated rings. The van der Waals surface area contributed by atoms with Crippen molar-refractivity contribution in [2.45, 2.75) is 46.6 Å². The molecule has 18 heavy (non-hydrogen) atoms. The van der Waals surface area contributed by atoms with E-state index in [2.05, 4.69) is 33.0 Å². The van der Waals surface area contributed by atoms with Gasteiger partial charge in [0.25, 0.3) is 0 Å². The van der Waals surface area contributed by atoms with E-state index in [4.69, 9.17) is 23.2 Å². The molecule has 0 aliphatic carbocycles. The van der Waals surface area contributed by atoms with Gasteiger partial charge in [-0.1, -0.05) is 57.0 Å². The Balaban J connectivity index is 2.67. The van der Waals surface area contributed by atoms with Crippen LogP contribution in [0.2, 0.25) is 10.0 Å². The summed E-state index contributed by atoms with van der Waals surface area (Å²) >= 11 is 12.1. The molecule has 0 saturated heterocycles. The highest BCUT2D eigenvalue weighted by molar-refractivity contribution is 6.35. The molecule has 0 amide bonds. The Bertz CT molecular complexity index is 383. The maximum Gasteiger partial charge on any atom is 0.0452 e. The summed E-state index contributed by atoms with van der Waals surface area (Å²) < 4.78 is 0. The predicted molar refractivity (Wildman–Crippen MR) is 81.7 cm³/mol. The largest absolute Gasteiger partial charge is 0.314 e. The quantitative estimate of drug-likeness (QED) is 0.808. The molecule has 0 aromatic heterocycles. The third-order valence-corrected chi connectivity index (χ3v) is 3.80. The van der Waals surface area contributed by atoms with E-state index in [1.54, 1.807) is 0 Å². The van der Waals surface area contributed by atoms with Gasteiger partial charge in [-0.25, -0.2) is 0 Å². The summed E-state index contributed by atoms with van der Waals surface area (Å²) in [4.78, 5) is 0. The number of hydrogen-bond donors (Lipinski definition) is 1. The molecule has 1 nitrogen and oxygen atoms in total. The van der Waals surface area contributed by atoms with E-state index in [9.17, 15) is 0 Å². The van der Waals surface area contributed by atoms with Crippen molar-refractivity contribution in [3.8, 4) is 0 Å². The van der Waals surface area contributed by atoms with Crippen molar-refractivity contribution in [2.24, 2.45) is 5.41 Å². The normalized spacial score (nSPS) is 13.7. The van der Waals surface area contributed by atoms with Gasteiger partial charge in [-0.05, 0) is 42.5 Å². The van der Waals surface area contributed by atoms with Crippen LogP contribution in [0.3, 0.4) is 0 Å². The molecular formula is C15H23Cl2N. The summed E-state index contributed by atoms with van der Waals surface area (Å²) in [5.41, 5.74) is 1.43. The van der Waals surface area contributed by atoms with Crippen molar-refractivity contribution in [1.82, 2.24) is 5.32 Å². The van der Waals surface area contributed by atoms with Crippen LogP contribution in [0.4, 0.5) is 0 Å². The second kappa shape index (κ2) is 6.79. The van der Waals surface area contributed by atoms with Crippen molar-refractivity contribution in [2.75, 3.05) is 6.54 Å². The van der Waals surface area contributed by atoms with Gasteiger partial charge >= 0.3 is 0 Å². The van der Waals surface area contributed by atoms with Crippen LogP contribution in [0.5, 0.6) is 0 Å². The van der Waals surface area contributed by atoms with E-state index in [1.165, 1.54) is 5.56 Å². The predicted octanol–water partition coefficient (Wildman–Crippen LogP) is 4.95. The van der Waals surface area contributed by atoms with Gasteiger partial charge in [-0.2, -0.15) is 0 Å². The first kappa shape index (κ1) is 15.8. The molecule has 1 aromatic rings. The zero-order chi connectivity index (χ0) is 13.8. The number of aryl methyl sites for hydroxylation is 1. The molecule has 0 saturated carbocycles. The van der Waals surface area contributed by atoms with E-state index in [0.717, 1.165) is 24.4 Å². The van der Waals surface area contributed by atoms with Gasteiger partial charge in [0, 0.05) is 16.1 Å². The van der Waals surface area contributed by atoms with E-state index in [-0.39, 0.29) is 5.41 Å². The molecule has 1 N–H and O–H groups in total. The second-order valence-corrected chi connectivity index (χ2v) is 6.59. The molecule has 0 radical (unpaired) electrons. The molecule has 1 rings (SSSR count). The smallest absolute Gasteiger partial charge is 0.0452 e. The Morgan fingerprint density at radius 1 is 1.22 bits per heavy atom. The van der Waals surface area contributed by atoms with E-state index < -0.39 is 0 Å². The zero-order valence-electron chi connectivity index (χ0n) is 11.7. The molecule has 0 aliphatic heterocycles. The van der Waals surface area contributed by atoms with Crippen LogP contribution < -0.4 is 5.32 Å². The van der Waals surface area contributed by atoms with Crippen molar-refractivity contribution in [3.05, 3.63) is 33.8 Å². The monoisotopic (exact) mass is 287 g/mol. The minimum Gasteiger partial charge on any atom is -0.314 e. The number of rotatable bonds is 5. The second-order valence-electron chi connectivity index (χ2n) is 5.75. The summed E-state index contributed by atoms with van der Waals surface area (Å²) in [7, 11) is 0. The highest BCUT2D eigenvalue weighted by Gasteiger charge is 2.23. The molecule has 1 atom stereocenters. The van der Waals surface area contributed by atoms with Crippen LogP contribution in [0, 0.1) is 5.41 Å². The lowest BCUT2D eigenvalue weighted by Gasteiger charge is -2.31. The summed E-state index contributed by atoms with van der Waals surface area (Å²) in [6.45, 7) is 9.95. The fraction of sp³-hybridized carbons (Fsp3) is 0.600. The van der Waals surface area contributed by atoms with Gasteiger partial charge in [0.1, 0.15) is 0 Å². The summed E-state index contributed by atoms with van der Waals surface area (Å²) in [5, 5.41) is 5.02. The van der Waals surface area contributed by atoms with Crippen molar-refractivity contribution in [1.29, 1.82) is 0 Å². The van der Waals surface area contributed by atoms with Gasteiger partial charge in [-0.15, -0.1) is 0 Å². The topological polar surface area (TPSA) is 12.0 Å². The standard InChI is InChI=1S/C15H23Cl2N/c1-5-18-14(15(2,3)4)9-7-11-6-8-12(16)10-13(11)17/h6,8,10,14,18H,5,7,9H2,1-4H3. The van der Waals surface area contributed by atoms with Gasteiger partial charge in [-0.3, -0.25) is 0 Å². The van der Waals surface area contributed by atoms with Crippen molar-refractivity contribution in [3.63, 3.8) is 0 Å². The molecule has 0 aliphatic rings. The Morgan fingerprint density at radius 2 is 1.89 bits per heavy atom. The number of hydrogen-bond acceptors (Lipinski definition) is 1. The van der Waals surface area contributed by atoms with Gasteiger partial charge in [0.15, 0.2) is 0 Å². The molecule has 102 valence electrons. The third kappa shape index (κ3) is 4.79. The Labute approximate surface area is 121 Å². The highest BCUT2D eigenvalue weighted by atomic mass is 35.5. The maximum absolute atomic E-state index is 6.20. The lowest BCUT2D eigenvalue weighted by atomic mass is 9.83. The van der Waals surface area contributed by atoms with Crippen LogP contribution >= 0.6 is 23.2 Å². The molecule has 1 aromatic carbocycles. The van der Waals surface area contributed by atoms with Crippen LogP contribution in [0.25, 0.3) is 0 Å². The minimum atomic E-state index is 0.259. The fourth-order valence-electron chi connectivity index (χ4n) is 2.11. The SMILES string of the molecule is CCNC(CCc1ccc(Cl)cc1Cl)C(C)(C)C. The van der Waals surface area contributed by atoms with E-state index in [1.807, 2.05) is 18.2 Å². The first-order chi connectivity index (χ1) is 8.34. The summed E-state index contributed by atoms with van der Waals surface area (Å²) in [6, 6.07) is 6.24. The molecule has 0 spiro atoms. The lowest BCUT2D eigenvalue weighted by Crippen LogP contribution is -2.40. The maximum atomic E-state index is 6.20. The molecular weight excluding hydrogens is 265 g/mol. The molecule has 0 bridgehead atoms. The van der Waals surface area contributed by atoms with Crippen LogP contribution in [-0.4, -0.2) is 12.6 Å². The van der Waals surface area contributed by atoms with Gasteiger partial charge < -0.3 is 5.32 Å².